The fraction of sp³-hybridized carbons (Fsp3) is 0.976. The van der Waals surface area contributed by atoms with Gasteiger partial charge in [-0.3, -0.25) is 9.69 Å². The van der Waals surface area contributed by atoms with Gasteiger partial charge in [0.1, 0.15) is 12.2 Å². The molecule has 14 atom stereocenters. The summed E-state index contributed by atoms with van der Waals surface area (Å²) in [4.78, 5) is 16.2. The maximum absolute atomic E-state index is 13.7. The largest absolute Gasteiger partial charge is 0.459 e. The Bertz CT molecular complexity index is 1370. The van der Waals surface area contributed by atoms with E-state index in [0.717, 1.165) is 65.0 Å². The van der Waals surface area contributed by atoms with E-state index in [4.69, 9.17) is 23.7 Å². The topological polar surface area (TPSA) is 107 Å². The van der Waals surface area contributed by atoms with E-state index in [2.05, 4.69) is 39.5 Å². The van der Waals surface area contributed by atoms with Crippen molar-refractivity contribution in [3.8, 4) is 0 Å². The van der Waals surface area contributed by atoms with Crippen molar-refractivity contribution in [3.05, 3.63) is 0 Å². The van der Waals surface area contributed by atoms with Gasteiger partial charge in [0.2, 0.25) is 0 Å². The summed E-state index contributed by atoms with van der Waals surface area (Å²) in [6.45, 7) is 19.8. The molecule has 9 nitrogen and oxygen atoms in total. The Hall–Kier alpha value is -0.810. The molecular weight excluding hydrogens is 646 g/mol. The van der Waals surface area contributed by atoms with Gasteiger partial charge in [-0.1, -0.05) is 34.6 Å². The molecule has 9 aliphatic rings. The first-order valence-corrected chi connectivity index (χ1v) is 20.9. The number of morpholine rings is 1. The molecule has 0 amide bonds. The first kappa shape index (κ1) is 35.9. The van der Waals surface area contributed by atoms with Gasteiger partial charge in [0.15, 0.2) is 6.29 Å². The summed E-state index contributed by atoms with van der Waals surface area (Å²) >= 11 is 0. The van der Waals surface area contributed by atoms with Crippen molar-refractivity contribution >= 4 is 5.97 Å². The average molecular weight is 714 g/mol. The number of carbonyl (C=O) groups excluding carboxylic acids is 1. The van der Waals surface area contributed by atoms with Crippen LogP contribution in [0.2, 0.25) is 0 Å². The highest BCUT2D eigenvalue weighted by Crippen LogP contribution is 2.89. The number of carbonyl (C=O) groups is 1. The van der Waals surface area contributed by atoms with Crippen molar-refractivity contribution in [3.63, 3.8) is 0 Å². The van der Waals surface area contributed by atoms with E-state index >= 15 is 0 Å². The molecule has 3 heterocycles. The molecule has 2 N–H and O–H groups in total. The van der Waals surface area contributed by atoms with E-state index in [0.29, 0.717) is 42.1 Å². The molecule has 14 unspecified atom stereocenters. The summed E-state index contributed by atoms with van der Waals surface area (Å²) in [5, 5.41) is 22.2. The highest BCUT2D eigenvalue weighted by Gasteiger charge is 2.85. The van der Waals surface area contributed by atoms with Gasteiger partial charge >= 0.3 is 5.97 Å². The summed E-state index contributed by atoms with van der Waals surface area (Å²) in [6, 6.07) is 0.504. The van der Waals surface area contributed by atoms with Crippen LogP contribution in [0.3, 0.4) is 0 Å². The van der Waals surface area contributed by atoms with Crippen molar-refractivity contribution in [2.24, 2.45) is 56.7 Å². The van der Waals surface area contributed by atoms with Crippen LogP contribution in [0.1, 0.15) is 119 Å². The second kappa shape index (κ2) is 11.8. The Morgan fingerprint density at radius 1 is 1.00 bits per heavy atom. The molecule has 51 heavy (non-hydrogen) atoms. The van der Waals surface area contributed by atoms with Crippen LogP contribution >= 0.6 is 0 Å². The number of aliphatic hydroxyl groups is 2. The predicted molar refractivity (Wildman–Crippen MR) is 190 cm³/mol. The zero-order chi connectivity index (χ0) is 35.9. The summed E-state index contributed by atoms with van der Waals surface area (Å²) in [5.41, 5.74) is -0.977. The highest BCUT2D eigenvalue weighted by atomic mass is 16.7. The molecule has 0 aromatic carbocycles. The van der Waals surface area contributed by atoms with Gasteiger partial charge in [-0.05, 0) is 129 Å². The Morgan fingerprint density at radius 3 is 2.41 bits per heavy atom. The molecule has 0 bridgehead atoms. The number of fused-ring (bicyclic) bond motifs is 4. The van der Waals surface area contributed by atoms with E-state index in [1.807, 2.05) is 0 Å². The van der Waals surface area contributed by atoms with E-state index in [-0.39, 0.29) is 64.1 Å². The van der Waals surface area contributed by atoms with Crippen LogP contribution in [0.15, 0.2) is 0 Å². The first-order valence-electron chi connectivity index (χ1n) is 20.9. The van der Waals surface area contributed by atoms with Crippen LogP contribution in [0, 0.1) is 56.7 Å². The van der Waals surface area contributed by atoms with Crippen LogP contribution in [0.25, 0.3) is 0 Å². The molecule has 0 aromatic rings. The van der Waals surface area contributed by atoms with Gasteiger partial charge in [0.25, 0.3) is 0 Å². The minimum Gasteiger partial charge on any atom is -0.459 e. The number of esters is 1. The van der Waals surface area contributed by atoms with Gasteiger partial charge < -0.3 is 33.9 Å². The number of hydrogen-bond donors (Lipinski definition) is 2. The van der Waals surface area contributed by atoms with Crippen molar-refractivity contribution in [1.29, 1.82) is 0 Å². The fourth-order valence-electron chi connectivity index (χ4n) is 14.8. The normalized spacial score (nSPS) is 51.2. The molecule has 3 saturated heterocycles. The molecule has 9 heteroatoms. The number of ether oxygens (including phenoxy) is 5. The van der Waals surface area contributed by atoms with E-state index < -0.39 is 17.8 Å². The third-order valence-electron chi connectivity index (χ3n) is 17.7. The predicted octanol–water partition coefficient (Wildman–Crippen LogP) is 5.72. The van der Waals surface area contributed by atoms with Gasteiger partial charge in [-0.25, -0.2) is 0 Å². The van der Waals surface area contributed by atoms with Crippen LogP contribution in [0.5, 0.6) is 0 Å². The fourth-order valence-corrected chi connectivity index (χ4v) is 14.8. The molecule has 6 saturated carbocycles. The molecule has 2 spiro atoms. The Morgan fingerprint density at radius 2 is 1.73 bits per heavy atom. The molecule has 3 aliphatic heterocycles. The number of rotatable bonds is 8. The lowest BCUT2D eigenvalue weighted by molar-refractivity contribution is -0.256. The average Bonchev–Trinajstić information content (AvgIpc) is 3.95. The second-order valence-corrected chi connectivity index (χ2v) is 20.9. The molecule has 0 radical (unpaired) electrons. The monoisotopic (exact) mass is 713 g/mol. The lowest BCUT2D eigenvalue weighted by atomic mass is 9.41. The minimum absolute atomic E-state index is 0.0392. The summed E-state index contributed by atoms with van der Waals surface area (Å²) in [5.74, 6) is 1.94. The molecule has 0 aromatic heterocycles. The third-order valence-corrected chi connectivity index (χ3v) is 17.7. The Labute approximate surface area is 306 Å². The van der Waals surface area contributed by atoms with Gasteiger partial charge in [-0.2, -0.15) is 0 Å². The minimum atomic E-state index is -1.28. The highest BCUT2D eigenvalue weighted by molar-refractivity contribution is 5.70. The Kier molecular flexibility index (Phi) is 8.33. The maximum atomic E-state index is 13.7. The summed E-state index contributed by atoms with van der Waals surface area (Å²) < 4.78 is 32.5. The van der Waals surface area contributed by atoms with Crippen LogP contribution in [-0.4, -0.2) is 102 Å². The maximum Gasteiger partial charge on any atom is 0.306 e. The number of nitrogens with zero attached hydrogens (tertiary/aromatic N) is 1. The van der Waals surface area contributed by atoms with E-state index in [9.17, 15) is 15.0 Å². The zero-order valence-electron chi connectivity index (χ0n) is 32.5. The van der Waals surface area contributed by atoms with Crippen molar-refractivity contribution in [1.82, 2.24) is 4.90 Å². The smallest absolute Gasteiger partial charge is 0.306 e. The Balaban J connectivity index is 1.00. The zero-order valence-corrected chi connectivity index (χ0v) is 32.5. The van der Waals surface area contributed by atoms with Gasteiger partial charge in [0, 0.05) is 18.4 Å². The van der Waals surface area contributed by atoms with Crippen molar-refractivity contribution in [2.75, 3.05) is 32.9 Å². The molecule has 288 valence electrons. The summed E-state index contributed by atoms with van der Waals surface area (Å²) in [7, 11) is 0. The second-order valence-electron chi connectivity index (χ2n) is 20.9. The van der Waals surface area contributed by atoms with Crippen LogP contribution < -0.4 is 0 Å². The molecule has 9 fully saturated rings. The van der Waals surface area contributed by atoms with Crippen molar-refractivity contribution < 1.29 is 38.7 Å². The van der Waals surface area contributed by atoms with Crippen molar-refractivity contribution in [2.45, 2.75) is 168 Å². The third kappa shape index (κ3) is 5.13. The van der Waals surface area contributed by atoms with Crippen LogP contribution in [0.4, 0.5) is 0 Å². The van der Waals surface area contributed by atoms with Crippen LogP contribution in [-0.2, 0) is 28.5 Å². The van der Waals surface area contributed by atoms with E-state index in [1.165, 1.54) is 25.7 Å². The molecular formula is C42H67NO8. The number of hydrogen-bond acceptors (Lipinski definition) is 9. The van der Waals surface area contributed by atoms with Gasteiger partial charge in [0.05, 0.1) is 56.3 Å². The summed E-state index contributed by atoms with van der Waals surface area (Å²) in [6.07, 6.45) is 9.53. The lowest BCUT2D eigenvalue weighted by Crippen LogP contribution is -2.61. The van der Waals surface area contributed by atoms with E-state index in [1.54, 1.807) is 13.8 Å². The lowest BCUT2D eigenvalue weighted by Gasteiger charge is -2.64. The standard InChI is InChI=1S/C42H67NO8/c1-24-18-27(35(45)38(4,5)46)49-34-33(24)39(6)14-15-42-23-41(42)13-12-30(50-32-20-43(16-17-48-32)26-21-47-22-26)37(2,3)28(41)10-11-29(42)40(39,7)36(34)51-31(44)19-25-8-9-25/h24-30,32-36,45-46H,8-23H2,1-7H3. The quantitative estimate of drug-likeness (QED) is 0.306. The molecule has 9 rings (SSSR count). The first-order chi connectivity index (χ1) is 24.0. The number of aliphatic hydroxyl groups excluding tert-OH is 1. The SMILES string of the molecule is CC1CC(C(O)C(C)(C)O)OC2C1C1(C)CCC34CC35CCC(OC3CN(C6COC6)CCO3)C(C)(C)C5CCC4C1(C)C2OC(=O)CC1CC1. The molecule has 6 aliphatic carbocycles. The van der Waals surface area contributed by atoms with Gasteiger partial charge in [-0.15, -0.1) is 0 Å².